The van der Waals surface area contributed by atoms with Gasteiger partial charge in [0.1, 0.15) is 0 Å². The molecule has 10 heteroatoms. The van der Waals surface area contributed by atoms with Crippen LogP contribution in [0.25, 0.3) is 0 Å². The number of nitrogens with two attached hydrogens (primary N) is 1. The zero-order valence-corrected chi connectivity index (χ0v) is 19.2. The fourth-order valence-corrected chi connectivity index (χ4v) is 3.98. The largest absolute Gasteiger partial charge is 0.363 e. The molecule has 0 radical (unpaired) electrons. The molecule has 170 valence electrons. The van der Waals surface area contributed by atoms with Gasteiger partial charge in [0.05, 0.1) is 17.9 Å². The van der Waals surface area contributed by atoms with Gasteiger partial charge in [-0.05, 0) is 45.5 Å². The maximum Gasteiger partial charge on any atom is 0.166 e. The summed E-state index contributed by atoms with van der Waals surface area (Å²) in [4.78, 5) is 0. The van der Waals surface area contributed by atoms with Crippen LogP contribution in [0.15, 0.2) is 0 Å². The summed E-state index contributed by atoms with van der Waals surface area (Å²) < 4.78 is 0. The van der Waals surface area contributed by atoms with Crippen molar-refractivity contribution in [1.82, 2.24) is 42.5 Å². The van der Waals surface area contributed by atoms with E-state index in [-0.39, 0.29) is 23.3 Å². The topological polar surface area (TPSA) is 122 Å². The van der Waals surface area contributed by atoms with Gasteiger partial charge in [-0.15, -0.1) is 0 Å². The van der Waals surface area contributed by atoms with Gasteiger partial charge in [0.15, 0.2) is 5.11 Å². The molecule has 9 nitrogen and oxygen atoms in total. The molecule has 3 aliphatic rings. The van der Waals surface area contributed by atoms with E-state index < -0.39 is 0 Å². The van der Waals surface area contributed by atoms with Crippen LogP contribution in [0, 0.1) is 5.41 Å². The lowest BCUT2D eigenvalue weighted by Crippen LogP contribution is -2.70. The van der Waals surface area contributed by atoms with Gasteiger partial charge < -0.3 is 37.6 Å². The van der Waals surface area contributed by atoms with E-state index in [1.807, 2.05) is 0 Å². The Balaban J connectivity index is 2.12. The summed E-state index contributed by atoms with van der Waals surface area (Å²) in [5, 5.41) is 29.4. The SMILES string of the molecule is CC1NCC2(C)CNCNCC(NC(=S)NCCCCN)(CN1)CNC(C)NC2. The zero-order chi connectivity index (χ0) is 21.2. The molecule has 29 heavy (non-hydrogen) atoms. The molecule has 0 saturated carbocycles. The van der Waals surface area contributed by atoms with Crippen LogP contribution in [0.2, 0.25) is 0 Å². The van der Waals surface area contributed by atoms with E-state index in [0.717, 1.165) is 65.3 Å². The van der Waals surface area contributed by atoms with Crippen molar-refractivity contribution < 1.29 is 0 Å². The lowest BCUT2D eigenvalue weighted by atomic mass is 9.89. The summed E-state index contributed by atoms with van der Waals surface area (Å²) in [6.45, 7) is 14.1. The minimum Gasteiger partial charge on any atom is -0.363 e. The van der Waals surface area contributed by atoms with Crippen LogP contribution in [-0.4, -0.2) is 82.0 Å². The van der Waals surface area contributed by atoms with Crippen LogP contribution in [0.1, 0.15) is 33.6 Å². The normalized spacial score (nSPS) is 34.8. The quantitative estimate of drug-likeness (QED) is 0.182. The number of unbranched alkanes of at least 4 members (excludes halogenated alkanes) is 1. The fraction of sp³-hybridized carbons (Fsp3) is 0.947. The Bertz CT molecular complexity index is 472. The molecule has 0 aromatic heterocycles. The summed E-state index contributed by atoms with van der Waals surface area (Å²) >= 11 is 5.62. The Morgan fingerprint density at radius 2 is 1.52 bits per heavy atom. The van der Waals surface area contributed by atoms with E-state index >= 15 is 0 Å². The third-order valence-electron chi connectivity index (χ3n) is 5.72. The Kier molecular flexibility index (Phi) is 10.5. The average Bonchev–Trinajstić information content (AvgIpc) is 2.69. The molecular formula is C19H43N9S. The summed E-state index contributed by atoms with van der Waals surface area (Å²) in [5.74, 6) is 0. The zero-order valence-electron chi connectivity index (χ0n) is 18.4. The molecule has 0 aliphatic carbocycles. The maximum atomic E-state index is 5.62. The number of nitrogens with one attached hydrogen (secondary N) is 8. The number of fused-ring (bicyclic) bond motifs is 12. The lowest BCUT2D eigenvalue weighted by molar-refractivity contribution is 0.202. The van der Waals surface area contributed by atoms with E-state index in [9.17, 15) is 0 Å². The summed E-state index contributed by atoms with van der Waals surface area (Å²) in [7, 11) is 0. The van der Waals surface area contributed by atoms with Gasteiger partial charge in [0, 0.05) is 57.9 Å². The van der Waals surface area contributed by atoms with Crippen molar-refractivity contribution in [1.29, 1.82) is 0 Å². The number of thiocarbonyl (C=S) groups is 1. The number of hydrogen-bond acceptors (Lipinski definition) is 8. The van der Waals surface area contributed by atoms with Crippen molar-refractivity contribution in [3.8, 4) is 0 Å². The predicted molar refractivity (Wildman–Crippen MR) is 125 cm³/mol. The smallest absolute Gasteiger partial charge is 0.166 e. The first-order valence-electron chi connectivity index (χ1n) is 11.0. The van der Waals surface area contributed by atoms with E-state index in [4.69, 9.17) is 18.0 Å². The van der Waals surface area contributed by atoms with Gasteiger partial charge in [-0.1, -0.05) is 6.92 Å². The molecule has 2 atom stereocenters. The molecular weight excluding hydrogens is 386 g/mol. The second-order valence-electron chi connectivity index (χ2n) is 8.96. The summed E-state index contributed by atoms with van der Waals surface area (Å²) in [6.07, 6.45) is 2.43. The highest BCUT2D eigenvalue weighted by Gasteiger charge is 2.33. The van der Waals surface area contributed by atoms with Crippen LogP contribution in [0.4, 0.5) is 0 Å². The molecule has 0 aromatic rings. The third-order valence-corrected chi connectivity index (χ3v) is 5.97. The van der Waals surface area contributed by atoms with Gasteiger partial charge in [-0.3, -0.25) is 10.6 Å². The Morgan fingerprint density at radius 1 is 0.931 bits per heavy atom. The molecule has 2 unspecified atom stereocenters. The highest BCUT2D eigenvalue weighted by molar-refractivity contribution is 7.80. The van der Waals surface area contributed by atoms with Gasteiger partial charge in [-0.2, -0.15) is 0 Å². The van der Waals surface area contributed by atoms with E-state index in [0.29, 0.717) is 11.7 Å². The molecule has 3 heterocycles. The van der Waals surface area contributed by atoms with Crippen LogP contribution >= 0.6 is 12.2 Å². The first-order valence-corrected chi connectivity index (χ1v) is 11.4. The molecule has 2 bridgehead atoms. The van der Waals surface area contributed by atoms with E-state index in [1.165, 1.54) is 0 Å². The van der Waals surface area contributed by atoms with Crippen molar-refractivity contribution in [2.75, 3.05) is 59.0 Å². The van der Waals surface area contributed by atoms with Crippen molar-refractivity contribution in [3.63, 3.8) is 0 Å². The van der Waals surface area contributed by atoms with Gasteiger partial charge in [0.2, 0.25) is 0 Å². The van der Waals surface area contributed by atoms with Crippen LogP contribution in [0.3, 0.4) is 0 Å². The lowest BCUT2D eigenvalue weighted by Gasteiger charge is -2.41. The van der Waals surface area contributed by atoms with Gasteiger partial charge in [-0.25, -0.2) is 0 Å². The molecule has 3 aliphatic heterocycles. The highest BCUT2D eigenvalue weighted by atomic mass is 32.1. The molecule has 3 fully saturated rings. The highest BCUT2D eigenvalue weighted by Crippen LogP contribution is 2.14. The average molecular weight is 430 g/mol. The fourth-order valence-electron chi connectivity index (χ4n) is 3.66. The second-order valence-corrected chi connectivity index (χ2v) is 9.37. The number of rotatable bonds is 5. The maximum absolute atomic E-state index is 5.62. The molecule has 0 spiro atoms. The van der Waals surface area contributed by atoms with Crippen LogP contribution in [-0.2, 0) is 0 Å². The van der Waals surface area contributed by atoms with Gasteiger partial charge in [0.25, 0.3) is 0 Å². The van der Waals surface area contributed by atoms with Crippen molar-refractivity contribution in [2.45, 2.75) is 51.5 Å². The number of hydrogen-bond donors (Lipinski definition) is 9. The second kappa shape index (κ2) is 12.3. The van der Waals surface area contributed by atoms with Crippen molar-refractivity contribution in [3.05, 3.63) is 0 Å². The molecule has 3 rings (SSSR count). The van der Waals surface area contributed by atoms with E-state index in [1.54, 1.807) is 0 Å². The summed E-state index contributed by atoms with van der Waals surface area (Å²) in [5.41, 5.74) is 5.44. The Labute approximate surface area is 181 Å². The molecule has 0 aromatic carbocycles. The predicted octanol–water partition coefficient (Wildman–Crippen LogP) is -1.85. The Morgan fingerprint density at radius 3 is 2.14 bits per heavy atom. The van der Waals surface area contributed by atoms with Gasteiger partial charge >= 0.3 is 0 Å². The first-order chi connectivity index (χ1) is 13.9. The Hall–Kier alpha value is -0.590. The molecule has 10 N–H and O–H groups in total. The third kappa shape index (κ3) is 8.97. The van der Waals surface area contributed by atoms with Crippen LogP contribution in [0.5, 0.6) is 0 Å². The van der Waals surface area contributed by atoms with Crippen LogP contribution < -0.4 is 48.3 Å². The van der Waals surface area contributed by atoms with E-state index in [2.05, 4.69) is 63.3 Å². The minimum atomic E-state index is -0.271. The molecule has 0 amide bonds. The molecule has 3 saturated heterocycles. The monoisotopic (exact) mass is 429 g/mol. The van der Waals surface area contributed by atoms with Crippen molar-refractivity contribution >= 4 is 17.3 Å². The van der Waals surface area contributed by atoms with Crippen molar-refractivity contribution in [2.24, 2.45) is 11.1 Å². The summed E-state index contributed by atoms with van der Waals surface area (Å²) in [6, 6.07) is 0. The minimum absolute atomic E-state index is 0.121. The standard InChI is InChI=1S/C19H43N9S/c1-15-24-9-18(3)8-21-14-22-11-19(12-26-15,13-27-16(2)25-10-18)28-17(29)23-7-5-4-6-20/h15-16,21-22,24-27H,4-14,20H2,1-3H3,(H2,23,28,29). The first kappa shape index (κ1) is 24.7.